The molecule has 5 heterocycles. The van der Waals surface area contributed by atoms with E-state index in [0.29, 0.717) is 0 Å². The van der Waals surface area contributed by atoms with Crippen molar-refractivity contribution in [2.45, 2.75) is 69.2 Å². The van der Waals surface area contributed by atoms with Gasteiger partial charge in [0.2, 0.25) is 0 Å². The van der Waals surface area contributed by atoms with Crippen LogP contribution < -0.4 is 0 Å². The van der Waals surface area contributed by atoms with Gasteiger partial charge in [0.05, 0.1) is 11.4 Å². The molecule has 322 valence electrons. The molecule has 0 atom stereocenters. The lowest BCUT2D eigenvalue weighted by Crippen LogP contribution is -1.86. The van der Waals surface area contributed by atoms with Crippen LogP contribution in [0.4, 0.5) is 0 Å². The van der Waals surface area contributed by atoms with Crippen molar-refractivity contribution in [2.24, 2.45) is 0 Å². The molecule has 64 heavy (non-hydrogen) atoms. The van der Waals surface area contributed by atoms with Crippen molar-refractivity contribution in [1.82, 2.24) is 24.9 Å². The fourth-order valence-corrected chi connectivity index (χ4v) is 6.54. The highest BCUT2D eigenvalue weighted by Crippen LogP contribution is 2.21. The number of nitrogens with zero attached hydrogens (tertiary/aromatic N) is 5. The largest absolute Gasteiger partial charge is 0.261 e. The number of rotatable bonds is 4. The van der Waals surface area contributed by atoms with E-state index in [9.17, 15) is 0 Å². The maximum atomic E-state index is 4.48. The molecule has 0 bridgehead atoms. The summed E-state index contributed by atoms with van der Waals surface area (Å²) in [4.78, 5) is 21.7. The second kappa shape index (κ2) is 24.3. The smallest absolute Gasteiger partial charge is 0.0705 e. The summed E-state index contributed by atoms with van der Waals surface area (Å²) >= 11 is 0. The average molecular weight is 840 g/mol. The van der Waals surface area contributed by atoms with Gasteiger partial charge in [-0.05, 0) is 141 Å². The number of hydrogen-bond donors (Lipinski definition) is 0. The molecule has 5 nitrogen and oxygen atoms in total. The highest BCUT2D eigenvalue weighted by molar-refractivity contribution is 5.64. The van der Waals surface area contributed by atoms with E-state index in [1.807, 2.05) is 121 Å². The molecule has 0 aliphatic heterocycles. The van der Waals surface area contributed by atoms with E-state index >= 15 is 0 Å². The molecule has 0 spiro atoms. The van der Waals surface area contributed by atoms with Crippen molar-refractivity contribution in [2.75, 3.05) is 0 Å². The third-order valence-corrected chi connectivity index (χ3v) is 9.99. The Hall–Kier alpha value is -7.37. The van der Waals surface area contributed by atoms with Crippen LogP contribution in [0.2, 0.25) is 0 Å². The van der Waals surface area contributed by atoms with Crippen molar-refractivity contribution in [3.63, 3.8) is 0 Å². The van der Waals surface area contributed by atoms with Gasteiger partial charge in [-0.1, -0.05) is 138 Å². The van der Waals surface area contributed by atoms with Crippen molar-refractivity contribution in [1.29, 1.82) is 0 Å². The van der Waals surface area contributed by atoms with Gasteiger partial charge in [-0.3, -0.25) is 24.9 Å². The minimum atomic E-state index is 1.05. The van der Waals surface area contributed by atoms with Gasteiger partial charge in [-0.2, -0.15) is 0 Å². The molecular weight excluding hydrogens is 779 g/mol. The van der Waals surface area contributed by atoms with Gasteiger partial charge < -0.3 is 0 Å². The second-order valence-electron chi connectivity index (χ2n) is 16.1. The highest BCUT2D eigenvalue weighted by Gasteiger charge is 2.01. The first-order valence-electron chi connectivity index (χ1n) is 21.7. The Balaban J connectivity index is 0.000000152. The quantitative estimate of drug-likeness (QED) is 0.177. The first-order valence-corrected chi connectivity index (χ1v) is 21.7. The summed E-state index contributed by atoms with van der Waals surface area (Å²) in [6, 6.07) is 60.3. The van der Waals surface area contributed by atoms with Crippen LogP contribution in [0.25, 0.3) is 44.8 Å². The molecule has 0 radical (unpaired) electrons. The summed E-state index contributed by atoms with van der Waals surface area (Å²) in [6.45, 7) is 20.4. The lowest BCUT2D eigenvalue weighted by atomic mass is 10.1. The van der Waals surface area contributed by atoms with E-state index in [1.54, 1.807) is 0 Å². The molecule has 4 aromatic carbocycles. The van der Waals surface area contributed by atoms with Crippen molar-refractivity contribution in [3.05, 3.63) is 245 Å². The summed E-state index contributed by atoms with van der Waals surface area (Å²) in [5.41, 5.74) is 20.8. The average Bonchev–Trinajstić information content (AvgIpc) is 3.28. The second-order valence-corrected chi connectivity index (χ2v) is 16.1. The minimum Gasteiger partial charge on any atom is -0.261 e. The lowest BCUT2D eigenvalue weighted by Gasteiger charge is -2.02. The van der Waals surface area contributed by atoms with Gasteiger partial charge in [0.1, 0.15) is 0 Å². The fraction of sp³-hybridized carbons (Fsp3) is 0.169. The predicted molar refractivity (Wildman–Crippen MR) is 270 cm³/mol. The van der Waals surface area contributed by atoms with Gasteiger partial charge in [0.25, 0.3) is 0 Å². The predicted octanol–water partition coefficient (Wildman–Crippen LogP) is 15.2. The van der Waals surface area contributed by atoms with Gasteiger partial charge in [-0.15, -0.1) is 0 Å². The van der Waals surface area contributed by atoms with Crippen LogP contribution in [0.3, 0.4) is 0 Å². The van der Waals surface area contributed by atoms with Gasteiger partial charge in [0.15, 0.2) is 0 Å². The summed E-state index contributed by atoms with van der Waals surface area (Å²) in [7, 11) is 0. The fourth-order valence-electron chi connectivity index (χ4n) is 6.54. The van der Waals surface area contributed by atoms with Crippen LogP contribution in [-0.2, 0) is 0 Å². The van der Waals surface area contributed by atoms with Crippen LogP contribution in [0.5, 0.6) is 0 Å². The number of aryl methyl sites for hydroxylation is 10. The molecule has 0 saturated heterocycles. The Labute approximate surface area is 382 Å². The Morgan fingerprint density at radius 1 is 0.234 bits per heavy atom. The standard InChI is InChI=1S/4C13H13N.C7H9N/c1-10-3-6-12(7-4-10)13-8-5-11(2)14-9-13;2*1-10-5-3-7-12(9-10)13-8-4-6-11(2)14-13;1-10-4-3-5-12(8-10)13-7-6-11(2)14-9-13;1-6-4-3-5-7(2)8-6/h4*3-9H,1-2H3;3-5H,1-2H3. The van der Waals surface area contributed by atoms with E-state index < -0.39 is 0 Å². The number of pyridine rings is 5. The zero-order chi connectivity index (χ0) is 45.8. The zero-order valence-corrected chi connectivity index (χ0v) is 39.1. The molecule has 0 fully saturated rings. The van der Waals surface area contributed by atoms with E-state index in [4.69, 9.17) is 0 Å². The third-order valence-electron chi connectivity index (χ3n) is 9.99. The lowest BCUT2D eigenvalue weighted by molar-refractivity contribution is 1.12. The summed E-state index contributed by atoms with van der Waals surface area (Å²) in [5, 5.41) is 0. The molecule has 9 rings (SSSR count). The third kappa shape index (κ3) is 16.2. The normalized spacial score (nSPS) is 10.0. The minimum absolute atomic E-state index is 1.05. The van der Waals surface area contributed by atoms with E-state index in [2.05, 4.69) is 162 Å². The molecule has 0 aliphatic carbocycles. The van der Waals surface area contributed by atoms with Crippen LogP contribution in [0.15, 0.2) is 188 Å². The molecule has 0 aliphatic rings. The van der Waals surface area contributed by atoms with E-state index in [1.165, 1.54) is 55.6 Å². The molecular formula is C59H61N5. The van der Waals surface area contributed by atoms with E-state index in [-0.39, 0.29) is 0 Å². The van der Waals surface area contributed by atoms with Crippen LogP contribution in [0.1, 0.15) is 56.4 Å². The Morgan fingerprint density at radius 2 is 0.578 bits per heavy atom. The van der Waals surface area contributed by atoms with Crippen molar-refractivity contribution >= 4 is 0 Å². The van der Waals surface area contributed by atoms with Gasteiger partial charge in [-0.25, -0.2) is 0 Å². The zero-order valence-electron chi connectivity index (χ0n) is 39.1. The van der Waals surface area contributed by atoms with Crippen LogP contribution in [0, 0.1) is 69.2 Å². The monoisotopic (exact) mass is 839 g/mol. The molecule has 0 unspecified atom stereocenters. The van der Waals surface area contributed by atoms with Crippen LogP contribution in [-0.4, -0.2) is 24.9 Å². The number of benzene rings is 4. The maximum absolute atomic E-state index is 4.48. The molecule has 0 amide bonds. The molecule has 9 aromatic rings. The SMILES string of the molecule is Cc1ccc(-c2ccc(C)nc2)cc1.Cc1cccc(-c2ccc(C)nc2)c1.Cc1cccc(-c2cccc(C)n2)c1.Cc1cccc(-c2cccc(C)n2)c1.Cc1cccc(C)n1. The molecule has 5 aromatic heterocycles. The molecule has 0 saturated carbocycles. The van der Waals surface area contributed by atoms with Gasteiger partial charge in [0, 0.05) is 68.8 Å². The Bertz CT molecular complexity index is 2570. The number of hydrogen-bond acceptors (Lipinski definition) is 5. The summed E-state index contributed by atoms with van der Waals surface area (Å²) < 4.78 is 0. The maximum Gasteiger partial charge on any atom is 0.0705 e. The van der Waals surface area contributed by atoms with Gasteiger partial charge >= 0.3 is 0 Å². The first kappa shape index (κ1) is 47.7. The van der Waals surface area contributed by atoms with E-state index in [0.717, 1.165) is 45.6 Å². The Kier molecular flexibility index (Phi) is 18.1. The van der Waals surface area contributed by atoms with Crippen molar-refractivity contribution < 1.29 is 0 Å². The number of aromatic nitrogens is 5. The molecule has 5 heteroatoms. The Morgan fingerprint density at radius 3 is 0.938 bits per heavy atom. The molecule has 0 N–H and O–H groups in total. The van der Waals surface area contributed by atoms with Crippen molar-refractivity contribution in [3.8, 4) is 44.8 Å². The first-order chi connectivity index (χ1) is 30.8. The summed E-state index contributed by atoms with van der Waals surface area (Å²) in [5.74, 6) is 0. The van der Waals surface area contributed by atoms with Crippen LogP contribution >= 0.6 is 0 Å². The summed E-state index contributed by atoms with van der Waals surface area (Å²) in [6.07, 6.45) is 3.84. The topological polar surface area (TPSA) is 64.5 Å². The highest BCUT2D eigenvalue weighted by atomic mass is 14.7.